The zero-order chi connectivity index (χ0) is 10.5. The van der Waals surface area contributed by atoms with Crippen LogP contribution in [0.3, 0.4) is 0 Å². The van der Waals surface area contributed by atoms with E-state index in [2.05, 4.69) is 15.0 Å². The highest BCUT2D eigenvalue weighted by Crippen LogP contribution is 2.25. The molecule has 0 saturated carbocycles. The summed E-state index contributed by atoms with van der Waals surface area (Å²) >= 11 is 1.35. The summed E-state index contributed by atoms with van der Waals surface area (Å²) in [4.78, 5) is 22.7. The molecule has 2 aromatic rings. The Bertz CT molecular complexity index is 461. The van der Waals surface area contributed by atoms with E-state index in [1.807, 2.05) is 0 Å². The average molecular weight is 217 g/mol. The van der Waals surface area contributed by atoms with Crippen molar-refractivity contribution in [3.05, 3.63) is 42.5 Å². The summed E-state index contributed by atoms with van der Waals surface area (Å²) in [5.41, 5.74) is 0.570. The largest absolute Gasteiger partial charge is 0.298 e. The number of rotatable bonds is 3. The molecule has 0 saturated heterocycles. The van der Waals surface area contributed by atoms with Gasteiger partial charge in [-0.15, -0.1) is 0 Å². The molecule has 0 aliphatic rings. The van der Waals surface area contributed by atoms with E-state index in [1.54, 1.807) is 30.6 Å². The molecule has 0 unspecified atom stereocenters. The van der Waals surface area contributed by atoms with E-state index in [9.17, 15) is 4.79 Å². The van der Waals surface area contributed by atoms with Gasteiger partial charge in [0, 0.05) is 18.0 Å². The first-order valence-electron chi connectivity index (χ1n) is 4.24. The van der Waals surface area contributed by atoms with Crippen molar-refractivity contribution in [3.8, 4) is 0 Å². The molecular weight excluding hydrogens is 210 g/mol. The van der Waals surface area contributed by atoms with Crippen LogP contribution in [-0.2, 0) is 0 Å². The molecule has 0 bridgehead atoms. The standard InChI is InChI=1S/C10H7N3OS/c14-6-8-2-1-4-12-10(8)15-9-3-5-11-7-13-9/h1-7H. The van der Waals surface area contributed by atoms with Crippen molar-refractivity contribution in [1.82, 2.24) is 15.0 Å². The van der Waals surface area contributed by atoms with Crippen molar-refractivity contribution in [2.75, 3.05) is 0 Å². The Balaban J connectivity index is 2.28. The van der Waals surface area contributed by atoms with Gasteiger partial charge in [0.2, 0.25) is 0 Å². The van der Waals surface area contributed by atoms with Gasteiger partial charge in [0.15, 0.2) is 6.29 Å². The minimum Gasteiger partial charge on any atom is -0.298 e. The molecule has 74 valence electrons. The molecule has 2 heterocycles. The molecule has 2 rings (SSSR count). The Morgan fingerprint density at radius 3 is 2.87 bits per heavy atom. The number of carbonyl (C=O) groups is 1. The lowest BCUT2D eigenvalue weighted by Gasteiger charge is -2.00. The summed E-state index contributed by atoms with van der Waals surface area (Å²) in [6.07, 6.45) is 5.55. The first-order chi connectivity index (χ1) is 7.40. The number of hydrogen-bond acceptors (Lipinski definition) is 5. The van der Waals surface area contributed by atoms with Crippen LogP contribution in [0.5, 0.6) is 0 Å². The SMILES string of the molecule is O=Cc1cccnc1Sc1ccncn1. The number of nitrogens with zero attached hydrogens (tertiary/aromatic N) is 3. The molecule has 0 atom stereocenters. The maximum atomic E-state index is 10.7. The molecule has 4 nitrogen and oxygen atoms in total. The number of aldehydes is 1. The second-order valence-corrected chi connectivity index (χ2v) is 3.67. The molecule has 0 aromatic carbocycles. The van der Waals surface area contributed by atoms with Gasteiger partial charge in [-0.05, 0) is 30.0 Å². The first-order valence-corrected chi connectivity index (χ1v) is 5.06. The zero-order valence-corrected chi connectivity index (χ0v) is 8.52. The van der Waals surface area contributed by atoms with E-state index >= 15 is 0 Å². The number of pyridine rings is 1. The highest BCUT2D eigenvalue weighted by atomic mass is 32.2. The fourth-order valence-electron chi connectivity index (χ4n) is 1.02. The van der Waals surface area contributed by atoms with Crippen LogP contribution in [0, 0.1) is 0 Å². The maximum absolute atomic E-state index is 10.7. The highest BCUT2D eigenvalue weighted by Gasteiger charge is 2.04. The van der Waals surface area contributed by atoms with Crippen LogP contribution in [0.2, 0.25) is 0 Å². The van der Waals surface area contributed by atoms with E-state index in [1.165, 1.54) is 18.1 Å². The van der Waals surface area contributed by atoms with E-state index in [4.69, 9.17) is 0 Å². The van der Waals surface area contributed by atoms with Crippen molar-refractivity contribution in [2.45, 2.75) is 10.1 Å². The molecule has 0 amide bonds. The van der Waals surface area contributed by atoms with Crippen LogP contribution in [-0.4, -0.2) is 21.2 Å². The molecule has 5 heteroatoms. The summed E-state index contributed by atoms with van der Waals surface area (Å²) in [5, 5.41) is 1.43. The Hall–Kier alpha value is -1.75. The lowest BCUT2D eigenvalue weighted by Crippen LogP contribution is -1.89. The van der Waals surface area contributed by atoms with Crippen LogP contribution in [0.15, 0.2) is 47.0 Å². The maximum Gasteiger partial charge on any atom is 0.152 e. The molecule has 2 aromatic heterocycles. The fourth-order valence-corrected chi connectivity index (χ4v) is 1.79. The van der Waals surface area contributed by atoms with Crippen LogP contribution in [0.1, 0.15) is 10.4 Å². The second-order valence-electron chi connectivity index (χ2n) is 2.67. The molecule has 15 heavy (non-hydrogen) atoms. The van der Waals surface area contributed by atoms with Gasteiger partial charge < -0.3 is 0 Å². The lowest BCUT2D eigenvalue weighted by molar-refractivity contribution is 0.112. The third kappa shape index (κ3) is 2.38. The van der Waals surface area contributed by atoms with E-state index in [-0.39, 0.29) is 0 Å². The smallest absolute Gasteiger partial charge is 0.152 e. The van der Waals surface area contributed by atoms with Crippen molar-refractivity contribution >= 4 is 18.0 Å². The van der Waals surface area contributed by atoms with Gasteiger partial charge in [-0.3, -0.25) is 4.79 Å². The van der Waals surface area contributed by atoms with E-state index < -0.39 is 0 Å². The van der Waals surface area contributed by atoms with Crippen LogP contribution in [0.4, 0.5) is 0 Å². The number of hydrogen-bond donors (Lipinski definition) is 0. The van der Waals surface area contributed by atoms with Crippen molar-refractivity contribution < 1.29 is 4.79 Å². The fraction of sp³-hybridized carbons (Fsp3) is 0. The van der Waals surface area contributed by atoms with E-state index in [0.29, 0.717) is 10.6 Å². The molecule has 0 N–H and O–H groups in total. The van der Waals surface area contributed by atoms with Gasteiger partial charge in [0.1, 0.15) is 16.4 Å². The van der Waals surface area contributed by atoms with E-state index in [0.717, 1.165) is 11.3 Å². The summed E-state index contributed by atoms with van der Waals surface area (Å²) in [5.74, 6) is 0. The normalized spacial score (nSPS) is 9.87. The Morgan fingerprint density at radius 1 is 1.20 bits per heavy atom. The van der Waals surface area contributed by atoms with Gasteiger partial charge >= 0.3 is 0 Å². The monoisotopic (exact) mass is 217 g/mol. The minimum atomic E-state index is 0.570. The molecular formula is C10H7N3OS. The van der Waals surface area contributed by atoms with Gasteiger partial charge in [0.25, 0.3) is 0 Å². The molecule has 0 fully saturated rings. The van der Waals surface area contributed by atoms with Crippen molar-refractivity contribution in [3.63, 3.8) is 0 Å². The van der Waals surface area contributed by atoms with Gasteiger partial charge in [-0.25, -0.2) is 15.0 Å². The zero-order valence-electron chi connectivity index (χ0n) is 7.70. The molecule has 0 aliphatic heterocycles. The summed E-state index contributed by atoms with van der Waals surface area (Å²) in [6.45, 7) is 0. The number of aromatic nitrogens is 3. The topological polar surface area (TPSA) is 55.7 Å². The van der Waals surface area contributed by atoms with Crippen LogP contribution < -0.4 is 0 Å². The van der Waals surface area contributed by atoms with Gasteiger partial charge in [-0.2, -0.15) is 0 Å². The van der Waals surface area contributed by atoms with Crippen molar-refractivity contribution in [2.24, 2.45) is 0 Å². The van der Waals surface area contributed by atoms with Crippen LogP contribution >= 0.6 is 11.8 Å². The first kappa shape index (κ1) is 9.79. The van der Waals surface area contributed by atoms with Crippen molar-refractivity contribution in [1.29, 1.82) is 0 Å². The lowest BCUT2D eigenvalue weighted by atomic mass is 10.3. The minimum absolute atomic E-state index is 0.570. The second kappa shape index (κ2) is 4.65. The predicted octanol–water partition coefficient (Wildman–Crippen LogP) is 1.84. The Morgan fingerprint density at radius 2 is 2.13 bits per heavy atom. The molecule has 0 radical (unpaired) electrons. The average Bonchev–Trinajstić information content (AvgIpc) is 2.31. The summed E-state index contributed by atoms with van der Waals surface area (Å²) in [6, 6.07) is 5.23. The van der Waals surface area contributed by atoms with Gasteiger partial charge in [0.05, 0.1) is 0 Å². The number of carbonyl (C=O) groups excluding carboxylic acids is 1. The predicted molar refractivity (Wildman–Crippen MR) is 55.8 cm³/mol. The third-order valence-electron chi connectivity index (χ3n) is 1.68. The molecule has 0 aliphatic carbocycles. The third-order valence-corrected chi connectivity index (χ3v) is 2.67. The Kier molecular flexibility index (Phi) is 3.04. The quantitative estimate of drug-likeness (QED) is 0.580. The Labute approximate surface area is 90.8 Å². The summed E-state index contributed by atoms with van der Waals surface area (Å²) < 4.78 is 0. The highest BCUT2D eigenvalue weighted by molar-refractivity contribution is 7.99. The van der Waals surface area contributed by atoms with Gasteiger partial charge in [-0.1, -0.05) is 0 Å². The molecule has 0 spiro atoms. The van der Waals surface area contributed by atoms with Crippen LogP contribution in [0.25, 0.3) is 0 Å². The summed E-state index contributed by atoms with van der Waals surface area (Å²) in [7, 11) is 0.